The van der Waals surface area contributed by atoms with Gasteiger partial charge in [-0.15, -0.1) is 0 Å². The molecular formula is C13H13N3O2. The van der Waals surface area contributed by atoms with Crippen LogP contribution in [0.25, 0.3) is 0 Å². The molecule has 0 aliphatic carbocycles. The molecule has 1 amide bonds. The van der Waals surface area contributed by atoms with Gasteiger partial charge >= 0.3 is 0 Å². The van der Waals surface area contributed by atoms with Crippen molar-refractivity contribution in [2.75, 3.05) is 7.05 Å². The molecule has 0 spiro atoms. The maximum absolute atomic E-state index is 12.0. The maximum Gasteiger partial charge on any atom is 0.263 e. The fraction of sp³-hybridized carbons (Fsp3) is 0.154. The first-order valence-corrected chi connectivity index (χ1v) is 5.50. The number of nitrogens with zero attached hydrogens (tertiary/aromatic N) is 2. The number of nitrogens with one attached hydrogen (secondary N) is 1. The molecule has 92 valence electrons. The first kappa shape index (κ1) is 12.0. The van der Waals surface area contributed by atoms with E-state index in [1.54, 1.807) is 7.05 Å². The van der Waals surface area contributed by atoms with Gasteiger partial charge in [0.05, 0.1) is 6.33 Å². The van der Waals surface area contributed by atoms with E-state index in [1.165, 1.54) is 17.4 Å². The molecule has 1 heterocycles. The van der Waals surface area contributed by atoms with E-state index < -0.39 is 5.56 Å². The third kappa shape index (κ3) is 2.63. The molecule has 0 aliphatic heterocycles. The van der Waals surface area contributed by atoms with E-state index in [9.17, 15) is 9.59 Å². The smallest absolute Gasteiger partial charge is 0.263 e. The van der Waals surface area contributed by atoms with Gasteiger partial charge in [0.1, 0.15) is 5.56 Å². The van der Waals surface area contributed by atoms with Crippen LogP contribution in [0.15, 0.2) is 47.7 Å². The number of aromatic nitrogens is 2. The second-order valence-corrected chi connectivity index (χ2v) is 3.94. The Kier molecular flexibility index (Phi) is 3.52. The Morgan fingerprint density at radius 3 is 2.72 bits per heavy atom. The Balaban J connectivity index is 2.15. The Bertz CT molecular complexity index is 592. The molecule has 2 aromatic rings. The van der Waals surface area contributed by atoms with Crippen LogP contribution in [0.3, 0.4) is 0 Å². The summed E-state index contributed by atoms with van der Waals surface area (Å²) < 4.78 is 0. The van der Waals surface area contributed by atoms with Gasteiger partial charge in [0, 0.05) is 19.8 Å². The van der Waals surface area contributed by atoms with Crippen LogP contribution < -0.4 is 5.56 Å². The summed E-state index contributed by atoms with van der Waals surface area (Å²) in [5.74, 6) is -0.340. The quantitative estimate of drug-likeness (QED) is 0.876. The van der Waals surface area contributed by atoms with Crippen molar-refractivity contribution in [3.8, 4) is 0 Å². The van der Waals surface area contributed by atoms with E-state index >= 15 is 0 Å². The minimum atomic E-state index is -0.421. The third-order valence-electron chi connectivity index (χ3n) is 2.56. The minimum absolute atomic E-state index is 0.0518. The van der Waals surface area contributed by atoms with Gasteiger partial charge in [0.15, 0.2) is 0 Å². The van der Waals surface area contributed by atoms with Gasteiger partial charge in [0.2, 0.25) is 0 Å². The number of carbonyl (C=O) groups is 1. The molecule has 0 saturated heterocycles. The predicted octanol–water partition coefficient (Wildman–Crippen LogP) is 1.04. The van der Waals surface area contributed by atoms with E-state index in [0.29, 0.717) is 6.54 Å². The van der Waals surface area contributed by atoms with E-state index in [4.69, 9.17) is 0 Å². The van der Waals surface area contributed by atoms with Crippen LogP contribution in [0.2, 0.25) is 0 Å². The molecule has 18 heavy (non-hydrogen) atoms. The Morgan fingerprint density at radius 1 is 1.33 bits per heavy atom. The second kappa shape index (κ2) is 5.27. The summed E-state index contributed by atoms with van der Waals surface area (Å²) in [6.07, 6.45) is 2.54. The van der Waals surface area contributed by atoms with E-state index in [-0.39, 0.29) is 11.5 Å². The molecule has 1 aromatic carbocycles. The minimum Gasteiger partial charge on any atom is -0.337 e. The summed E-state index contributed by atoms with van der Waals surface area (Å²) in [5.41, 5.74) is 0.638. The molecule has 0 bridgehead atoms. The first-order chi connectivity index (χ1) is 8.68. The third-order valence-corrected chi connectivity index (χ3v) is 2.56. The lowest BCUT2D eigenvalue weighted by Gasteiger charge is -2.16. The number of hydrogen-bond acceptors (Lipinski definition) is 3. The molecule has 0 saturated carbocycles. The molecule has 1 aromatic heterocycles. The number of carbonyl (C=O) groups excluding carboxylic acids is 1. The van der Waals surface area contributed by atoms with Crippen LogP contribution >= 0.6 is 0 Å². The number of amides is 1. The SMILES string of the molecule is CN(Cc1ccccc1)C(=O)c1cnc[nH]c1=O. The largest absolute Gasteiger partial charge is 0.337 e. The average molecular weight is 243 g/mol. The second-order valence-electron chi connectivity index (χ2n) is 3.94. The van der Waals surface area contributed by atoms with Crippen LogP contribution in [-0.4, -0.2) is 27.8 Å². The van der Waals surface area contributed by atoms with Crippen molar-refractivity contribution in [2.45, 2.75) is 6.54 Å². The number of H-pyrrole nitrogens is 1. The summed E-state index contributed by atoms with van der Waals surface area (Å²) in [5, 5.41) is 0. The van der Waals surface area contributed by atoms with Gasteiger partial charge in [-0.3, -0.25) is 9.59 Å². The lowest BCUT2D eigenvalue weighted by Crippen LogP contribution is -2.31. The van der Waals surface area contributed by atoms with Crippen LogP contribution in [-0.2, 0) is 6.54 Å². The highest BCUT2D eigenvalue weighted by atomic mass is 16.2. The molecule has 5 heteroatoms. The lowest BCUT2D eigenvalue weighted by molar-refractivity contribution is 0.0783. The topological polar surface area (TPSA) is 66.1 Å². The predicted molar refractivity (Wildman–Crippen MR) is 67.1 cm³/mol. The molecule has 0 aliphatic rings. The highest BCUT2D eigenvalue weighted by Crippen LogP contribution is 2.04. The van der Waals surface area contributed by atoms with Gasteiger partial charge in [0.25, 0.3) is 11.5 Å². The van der Waals surface area contributed by atoms with Crippen molar-refractivity contribution in [3.05, 3.63) is 64.3 Å². The van der Waals surface area contributed by atoms with Crippen molar-refractivity contribution in [1.82, 2.24) is 14.9 Å². The normalized spacial score (nSPS) is 10.1. The number of benzene rings is 1. The van der Waals surface area contributed by atoms with Gasteiger partial charge in [-0.05, 0) is 5.56 Å². The first-order valence-electron chi connectivity index (χ1n) is 5.50. The zero-order chi connectivity index (χ0) is 13.0. The molecule has 0 atom stereocenters. The Labute approximate surface area is 104 Å². The molecule has 0 unspecified atom stereocenters. The fourth-order valence-electron chi connectivity index (χ4n) is 1.63. The summed E-state index contributed by atoms with van der Waals surface area (Å²) >= 11 is 0. The van der Waals surface area contributed by atoms with E-state index in [2.05, 4.69) is 9.97 Å². The van der Waals surface area contributed by atoms with Crippen molar-refractivity contribution >= 4 is 5.91 Å². The van der Waals surface area contributed by atoms with Crippen molar-refractivity contribution in [3.63, 3.8) is 0 Å². The summed E-state index contributed by atoms with van der Waals surface area (Å²) in [7, 11) is 1.65. The molecular weight excluding hydrogens is 230 g/mol. The van der Waals surface area contributed by atoms with Crippen LogP contribution in [0.1, 0.15) is 15.9 Å². The van der Waals surface area contributed by atoms with E-state index in [0.717, 1.165) is 5.56 Å². The maximum atomic E-state index is 12.0. The molecule has 2 rings (SSSR count). The zero-order valence-electron chi connectivity index (χ0n) is 9.96. The number of aromatic amines is 1. The Hall–Kier alpha value is -2.43. The average Bonchev–Trinajstić information content (AvgIpc) is 2.39. The Morgan fingerprint density at radius 2 is 2.06 bits per heavy atom. The fourth-order valence-corrected chi connectivity index (χ4v) is 1.63. The number of hydrogen-bond donors (Lipinski definition) is 1. The molecule has 5 nitrogen and oxygen atoms in total. The van der Waals surface area contributed by atoms with Crippen LogP contribution in [0.4, 0.5) is 0 Å². The molecule has 0 fully saturated rings. The zero-order valence-corrected chi connectivity index (χ0v) is 9.96. The van der Waals surface area contributed by atoms with Crippen LogP contribution in [0, 0.1) is 0 Å². The summed E-state index contributed by atoms with van der Waals surface area (Å²) in [6, 6.07) is 9.58. The van der Waals surface area contributed by atoms with E-state index in [1.807, 2.05) is 30.3 Å². The summed E-state index contributed by atoms with van der Waals surface area (Å²) in [6.45, 7) is 0.452. The monoisotopic (exact) mass is 243 g/mol. The van der Waals surface area contributed by atoms with Crippen molar-refractivity contribution < 1.29 is 4.79 Å². The molecule has 0 radical (unpaired) electrons. The van der Waals surface area contributed by atoms with Gasteiger partial charge in [-0.1, -0.05) is 30.3 Å². The standard InChI is InChI=1S/C13H13N3O2/c1-16(8-10-5-3-2-4-6-10)13(18)11-7-14-9-15-12(11)17/h2-7,9H,8H2,1H3,(H,14,15,17). The van der Waals surface area contributed by atoms with Crippen LogP contribution in [0.5, 0.6) is 0 Å². The molecule has 1 N–H and O–H groups in total. The van der Waals surface area contributed by atoms with Crippen molar-refractivity contribution in [2.24, 2.45) is 0 Å². The highest BCUT2D eigenvalue weighted by molar-refractivity contribution is 5.93. The van der Waals surface area contributed by atoms with Gasteiger partial charge < -0.3 is 9.88 Å². The van der Waals surface area contributed by atoms with Gasteiger partial charge in [-0.25, -0.2) is 4.98 Å². The van der Waals surface area contributed by atoms with Crippen molar-refractivity contribution in [1.29, 1.82) is 0 Å². The number of rotatable bonds is 3. The van der Waals surface area contributed by atoms with Gasteiger partial charge in [-0.2, -0.15) is 0 Å². The lowest BCUT2D eigenvalue weighted by atomic mass is 10.2. The summed E-state index contributed by atoms with van der Waals surface area (Å²) in [4.78, 5) is 31.1. The highest BCUT2D eigenvalue weighted by Gasteiger charge is 2.15.